The van der Waals surface area contributed by atoms with E-state index in [9.17, 15) is 0 Å². The fraction of sp³-hybridized carbons (Fsp3) is 0.667. The molecule has 3 nitrogen and oxygen atoms in total. The first-order valence-electron chi connectivity index (χ1n) is 6.05. The van der Waals surface area contributed by atoms with Gasteiger partial charge in [-0.2, -0.15) is 0 Å². The Morgan fingerprint density at radius 1 is 1.38 bits per heavy atom. The Kier molecular flexibility index (Phi) is 2.77. The third kappa shape index (κ3) is 1.92. The van der Waals surface area contributed by atoms with Crippen molar-refractivity contribution in [3.63, 3.8) is 0 Å². The van der Waals surface area contributed by atoms with Gasteiger partial charge in [-0.15, -0.1) is 0 Å². The minimum absolute atomic E-state index is 0.345. The van der Waals surface area contributed by atoms with Crippen LogP contribution in [0.2, 0.25) is 0 Å². The molecule has 2 aliphatic rings. The summed E-state index contributed by atoms with van der Waals surface area (Å²) in [7, 11) is 0. The molecule has 1 fully saturated rings. The molecular weight excluding hydrogens is 220 g/mol. The molecule has 1 atom stereocenters. The summed E-state index contributed by atoms with van der Waals surface area (Å²) >= 11 is 5.34. The highest BCUT2D eigenvalue weighted by Crippen LogP contribution is 2.22. The van der Waals surface area contributed by atoms with Crippen LogP contribution in [0.15, 0.2) is 0 Å². The lowest BCUT2D eigenvalue weighted by Gasteiger charge is -2.10. The van der Waals surface area contributed by atoms with E-state index in [0.717, 1.165) is 42.8 Å². The van der Waals surface area contributed by atoms with Crippen molar-refractivity contribution in [3.05, 3.63) is 21.7 Å². The summed E-state index contributed by atoms with van der Waals surface area (Å²) in [6, 6.07) is 0. The van der Waals surface area contributed by atoms with Crippen molar-refractivity contribution in [2.24, 2.45) is 0 Å². The van der Waals surface area contributed by atoms with Gasteiger partial charge in [-0.3, -0.25) is 0 Å². The molecule has 16 heavy (non-hydrogen) atoms. The SMILES string of the molecule is S=c1nc(CC2CCCO2)[nH]c2c1CCC2. The van der Waals surface area contributed by atoms with Crippen molar-refractivity contribution < 1.29 is 4.74 Å². The Balaban J connectivity index is 1.85. The molecule has 1 aliphatic heterocycles. The molecule has 4 heteroatoms. The molecule has 86 valence electrons. The highest BCUT2D eigenvalue weighted by atomic mass is 32.1. The fourth-order valence-corrected chi connectivity index (χ4v) is 2.96. The molecular formula is C12H16N2OS. The minimum atomic E-state index is 0.345. The maximum absolute atomic E-state index is 5.62. The van der Waals surface area contributed by atoms with Gasteiger partial charge in [-0.05, 0) is 32.1 Å². The van der Waals surface area contributed by atoms with Gasteiger partial charge in [0.25, 0.3) is 0 Å². The Morgan fingerprint density at radius 3 is 3.12 bits per heavy atom. The lowest BCUT2D eigenvalue weighted by Crippen LogP contribution is -2.12. The second-order valence-electron chi connectivity index (χ2n) is 4.64. The molecule has 0 amide bonds. The predicted octanol–water partition coefficient (Wildman–Crippen LogP) is 2.35. The average Bonchev–Trinajstić information content (AvgIpc) is 2.87. The molecule has 1 unspecified atom stereocenters. The number of aromatic nitrogens is 2. The normalized spacial score (nSPS) is 23.6. The summed E-state index contributed by atoms with van der Waals surface area (Å²) in [4.78, 5) is 7.92. The van der Waals surface area contributed by atoms with Crippen LogP contribution in [0.1, 0.15) is 36.3 Å². The van der Waals surface area contributed by atoms with E-state index in [2.05, 4.69) is 9.97 Å². The van der Waals surface area contributed by atoms with Gasteiger partial charge in [0.15, 0.2) is 0 Å². The van der Waals surface area contributed by atoms with Crippen molar-refractivity contribution in [2.45, 2.75) is 44.6 Å². The zero-order chi connectivity index (χ0) is 11.0. The number of H-pyrrole nitrogens is 1. The predicted molar refractivity (Wildman–Crippen MR) is 64.1 cm³/mol. The summed E-state index contributed by atoms with van der Waals surface area (Å²) < 4.78 is 6.43. The molecule has 0 spiro atoms. The number of aryl methyl sites for hydroxylation is 1. The van der Waals surface area contributed by atoms with E-state index in [-0.39, 0.29) is 0 Å². The second kappa shape index (κ2) is 4.26. The lowest BCUT2D eigenvalue weighted by atomic mass is 10.1. The zero-order valence-corrected chi connectivity index (χ0v) is 10.1. The number of hydrogen-bond donors (Lipinski definition) is 1. The first kappa shape index (κ1) is 10.4. The van der Waals surface area contributed by atoms with E-state index < -0.39 is 0 Å². The van der Waals surface area contributed by atoms with Crippen LogP contribution in [-0.4, -0.2) is 22.7 Å². The molecule has 2 heterocycles. The molecule has 0 bridgehead atoms. The number of ether oxygens (including phenoxy) is 1. The minimum Gasteiger partial charge on any atom is -0.378 e. The maximum Gasteiger partial charge on any atom is 0.133 e. The summed E-state index contributed by atoms with van der Waals surface area (Å²) in [5.41, 5.74) is 2.58. The summed E-state index contributed by atoms with van der Waals surface area (Å²) in [5.74, 6) is 1.01. The Hall–Kier alpha value is -0.740. The van der Waals surface area contributed by atoms with Gasteiger partial charge in [-0.1, -0.05) is 12.2 Å². The number of fused-ring (bicyclic) bond motifs is 1. The summed E-state index contributed by atoms with van der Waals surface area (Å²) in [5, 5.41) is 0. The van der Waals surface area contributed by atoms with Crippen molar-refractivity contribution in [3.8, 4) is 0 Å². The Labute approximate surface area is 100 Å². The standard InChI is InChI=1S/C12H16N2OS/c16-12-9-4-1-5-10(9)13-11(14-12)7-8-3-2-6-15-8/h8H,1-7H2,(H,13,14,16). The van der Waals surface area contributed by atoms with E-state index >= 15 is 0 Å². The van der Waals surface area contributed by atoms with E-state index in [1.807, 2.05) is 0 Å². The molecule has 1 aliphatic carbocycles. The van der Waals surface area contributed by atoms with Gasteiger partial charge >= 0.3 is 0 Å². The first-order valence-corrected chi connectivity index (χ1v) is 6.46. The monoisotopic (exact) mass is 236 g/mol. The molecule has 1 aromatic heterocycles. The molecule has 1 aromatic rings. The van der Waals surface area contributed by atoms with E-state index in [1.54, 1.807) is 0 Å². The third-order valence-corrected chi connectivity index (χ3v) is 3.79. The third-order valence-electron chi connectivity index (χ3n) is 3.45. The van der Waals surface area contributed by atoms with Gasteiger partial charge in [0.2, 0.25) is 0 Å². The van der Waals surface area contributed by atoms with Gasteiger partial charge in [0, 0.05) is 24.3 Å². The van der Waals surface area contributed by atoms with Gasteiger partial charge in [-0.25, -0.2) is 4.98 Å². The van der Waals surface area contributed by atoms with Crippen LogP contribution >= 0.6 is 12.2 Å². The number of aromatic amines is 1. The van der Waals surface area contributed by atoms with Crippen molar-refractivity contribution in [2.75, 3.05) is 6.61 Å². The topological polar surface area (TPSA) is 37.9 Å². The maximum atomic E-state index is 5.62. The second-order valence-corrected chi connectivity index (χ2v) is 5.03. The van der Waals surface area contributed by atoms with E-state index in [1.165, 1.54) is 24.1 Å². The first-order chi connectivity index (χ1) is 7.83. The van der Waals surface area contributed by atoms with Gasteiger partial charge < -0.3 is 9.72 Å². The van der Waals surface area contributed by atoms with Crippen LogP contribution in [0.5, 0.6) is 0 Å². The molecule has 0 aromatic carbocycles. The van der Waals surface area contributed by atoms with Crippen molar-refractivity contribution >= 4 is 12.2 Å². The summed E-state index contributed by atoms with van der Waals surface area (Å²) in [6.45, 7) is 0.899. The fourth-order valence-electron chi connectivity index (χ4n) is 2.63. The van der Waals surface area contributed by atoms with Crippen LogP contribution in [0.25, 0.3) is 0 Å². The van der Waals surface area contributed by atoms with E-state index in [0.29, 0.717) is 6.10 Å². The highest BCUT2D eigenvalue weighted by Gasteiger charge is 2.19. The van der Waals surface area contributed by atoms with Gasteiger partial charge in [0.05, 0.1) is 6.10 Å². The molecule has 0 radical (unpaired) electrons. The molecule has 1 saturated heterocycles. The van der Waals surface area contributed by atoms with Crippen molar-refractivity contribution in [1.82, 2.24) is 9.97 Å². The molecule has 0 saturated carbocycles. The smallest absolute Gasteiger partial charge is 0.133 e. The Bertz CT molecular complexity index is 449. The van der Waals surface area contributed by atoms with Crippen LogP contribution in [0.3, 0.4) is 0 Å². The van der Waals surface area contributed by atoms with Crippen LogP contribution in [-0.2, 0) is 24.0 Å². The lowest BCUT2D eigenvalue weighted by molar-refractivity contribution is 0.110. The number of nitrogens with one attached hydrogen (secondary N) is 1. The van der Waals surface area contributed by atoms with E-state index in [4.69, 9.17) is 17.0 Å². The molecule has 3 rings (SSSR count). The highest BCUT2D eigenvalue weighted by molar-refractivity contribution is 7.71. The van der Waals surface area contributed by atoms with Crippen molar-refractivity contribution in [1.29, 1.82) is 0 Å². The summed E-state index contributed by atoms with van der Waals surface area (Å²) in [6.07, 6.45) is 6.99. The van der Waals surface area contributed by atoms with Crippen LogP contribution < -0.4 is 0 Å². The average molecular weight is 236 g/mol. The largest absolute Gasteiger partial charge is 0.378 e. The zero-order valence-electron chi connectivity index (χ0n) is 9.29. The number of nitrogens with zero attached hydrogens (tertiary/aromatic N) is 1. The van der Waals surface area contributed by atoms with Gasteiger partial charge in [0.1, 0.15) is 10.5 Å². The van der Waals surface area contributed by atoms with Crippen LogP contribution in [0, 0.1) is 4.64 Å². The number of hydrogen-bond acceptors (Lipinski definition) is 3. The Morgan fingerprint density at radius 2 is 2.31 bits per heavy atom. The van der Waals surface area contributed by atoms with Crippen LogP contribution in [0.4, 0.5) is 0 Å². The molecule has 1 N–H and O–H groups in total. The number of rotatable bonds is 2. The quantitative estimate of drug-likeness (QED) is 0.801.